The normalized spacial score (nSPS) is 18.9. The van der Waals surface area contributed by atoms with E-state index >= 15 is 0 Å². The smallest absolute Gasteiger partial charge is 0.337 e. The van der Waals surface area contributed by atoms with Crippen LogP contribution < -0.4 is 21.7 Å². The highest BCUT2D eigenvalue weighted by Gasteiger charge is 2.54. The molecule has 0 saturated carbocycles. The number of anilines is 1. The molecule has 9 heteroatoms. The van der Waals surface area contributed by atoms with Gasteiger partial charge in [0.15, 0.2) is 5.54 Å². The lowest BCUT2D eigenvalue weighted by Gasteiger charge is -2.37. The molecule has 2 aromatic carbocycles. The summed E-state index contributed by atoms with van der Waals surface area (Å²) in [4.78, 5) is 51.1. The summed E-state index contributed by atoms with van der Waals surface area (Å²) in [6, 6.07) is 14.0. The van der Waals surface area contributed by atoms with Crippen molar-refractivity contribution in [2.24, 2.45) is 11.5 Å². The third kappa shape index (κ3) is 4.20. The maximum atomic E-state index is 13.4. The Morgan fingerprint density at radius 1 is 1.03 bits per heavy atom. The number of carboxylic acids is 1. The third-order valence-corrected chi connectivity index (χ3v) is 5.52. The van der Waals surface area contributed by atoms with Gasteiger partial charge in [0.25, 0.3) is 11.8 Å². The van der Waals surface area contributed by atoms with Crippen molar-refractivity contribution in [3.8, 4) is 0 Å². The molecule has 0 aliphatic carbocycles. The number of nitrogens with zero attached hydrogens (tertiary/aromatic N) is 1. The van der Waals surface area contributed by atoms with Crippen LogP contribution in [0.2, 0.25) is 0 Å². The van der Waals surface area contributed by atoms with E-state index in [4.69, 9.17) is 11.5 Å². The van der Waals surface area contributed by atoms with Crippen LogP contribution in [0.1, 0.15) is 28.8 Å². The van der Waals surface area contributed by atoms with Crippen LogP contribution in [-0.2, 0) is 20.8 Å². The van der Waals surface area contributed by atoms with E-state index in [9.17, 15) is 24.3 Å². The predicted octanol–water partition coefficient (Wildman–Crippen LogP) is 0.422. The monoisotopic (exact) mass is 424 g/mol. The number of nitrogens with two attached hydrogens (primary N) is 2. The predicted molar refractivity (Wildman–Crippen MR) is 113 cm³/mol. The summed E-state index contributed by atoms with van der Waals surface area (Å²) in [5, 5.41) is 12.1. The molecule has 0 aromatic heterocycles. The maximum Gasteiger partial charge on any atom is 0.337 e. The van der Waals surface area contributed by atoms with E-state index in [1.807, 2.05) is 6.07 Å². The van der Waals surface area contributed by atoms with Crippen LogP contribution in [-0.4, -0.2) is 46.9 Å². The number of hydrogen-bond acceptors (Lipinski definition) is 5. The fourth-order valence-electron chi connectivity index (χ4n) is 3.99. The molecule has 6 N–H and O–H groups in total. The highest BCUT2D eigenvalue weighted by atomic mass is 16.4. The molecular formula is C22H24N4O5. The van der Waals surface area contributed by atoms with Gasteiger partial charge in [-0.25, -0.2) is 4.79 Å². The van der Waals surface area contributed by atoms with Crippen LogP contribution in [0, 0.1) is 0 Å². The van der Waals surface area contributed by atoms with Crippen molar-refractivity contribution >= 4 is 29.4 Å². The van der Waals surface area contributed by atoms with Gasteiger partial charge in [-0.05, 0) is 30.5 Å². The van der Waals surface area contributed by atoms with Crippen molar-refractivity contribution in [1.29, 1.82) is 0 Å². The summed E-state index contributed by atoms with van der Waals surface area (Å²) >= 11 is 0. The van der Waals surface area contributed by atoms with Gasteiger partial charge < -0.3 is 26.8 Å². The number of rotatable bonds is 8. The number of carboxylic acid groups (broad SMARTS) is 1. The molecule has 1 aliphatic heterocycles. The lowest BCUT2D eigenvalue weighted by Crippen LogP contribution is -2.65. The molecule has 3 rings (SSSR count). The first-order valence-electron chi connectivity index (χ1n) is 9.81. The van der Waals surface area contributed by atoms with Crippen molar-refractivity contribution < 1.29 is 24.3 Å². The van der Waals surface area contributed by atoms with Crippen molar-refractivity contribution in [2.75, 3.05) is 11.4 Å². The molecular weight excluding hydrogens is 400 g/mol. The fraction of sp³-hybridized carbons (Fsp3) is 0.273. The zero-order valence-corrected chi connectivity index (χ0v) is 16.8. The largest absolute Gasteiger partial charge is 0.478 e. The third-order valence-electron chi connectivity index (χ3n) is 5.52. The number of carbonyl (C=O) groups excluding carboxylic acids is 3. The Balaban J connectivity index is 1.96. The highest BCUT2D eigenvalue weighted by molar-refractivity contribution is 6.14. The lowest BCUT2D eigenvalue weighted by molar-refractivity contribution is -0.137. The molecule has 1 aliphatic rings. The van der Waals surface area contributed by atoms with Crippen molar-refractivity contribution in [2.45, 2.75) is 30.8 Å². The first-order chi connectivity index (χ1) is 14.8. The van der Waals surface area contributed by atoms with E-state index in [0.717, 1.165) is 5.56 Å². The van der Waals surface area contributed by atoms with Crippen LogP contribution in [0.5, 0.6) is 0 Å². The van der Waals surface area contributed by atoms with Gasteiger partial charge >= 0.3 is 5.97 Å². The lowest BCUT2D eigenvalue weighted by atomic mass is 9.91. The summed E-state index contributed by atoms with van der Waals surface area (Å²) in [6.07, 6.45) is 0.658. The van der Waals surface area contributed by atoms with Gasteiger partial charge in [-0.15, -0.1) is 0 Å². The van der Waals surface area contributed by atoms with E-state index in [-0.39, 0.29) is 30.6 Å². The molecule has 1 fully saturated rings. The first kappa shape index (κ1) is 21.8. The first-order valence-corrected chi connectivity index (χ1v) is 9.81. The van der Waals surface area contributed by atoms with Gasteiger partial charge in [0.2, 0.25) is 5.91 Å². The summed E-state index contributed by atoms with van der Waals surface area (Å²) in [5.74, 6) is -3.66. The topological polar surface area (TPSA) is 156 Å². The van der Waals surface area contributed by atoms with E-state index in [0.29, 0.717) is 6.42 Å². The Hall–Kier alpha value is -3.88. The zero-order valence-electron chi connectivity index (χ0n) is 16.8. The Labute approximate surface area is 179 Å². The van der Waals surface area contributed by atoms with Gasteiger partial charge in [-0.1, -0.05) is 42.5 Å². The molecule has 2 atom stereocenters. The Kier molecular flexibility index (Phi) is 6.24. The van der Waals surface area contributed by atoms with Gasteiger partial charge in [-0.2, -0.15) is 0 Å². The molecule has 162 valence electrons. The van der Waals surface area contributed by atoms with Crippen LogP contribution >= 0.6 is 0 Å². The second kappa shape index (κ2) is 8.86. The van der Waals surface area contributed by atoms with E-state index < -0.39 is 35.3 Å². The van der Waals surface area contributed by atoms with Gasteiger partial charge in [0.05, 0.1) is 11.3 Å². The van der Waals surface area contributed by atoms with Crippen LogP contribution in [0.25, 0.3) is 0 Å². The Morgan fingerprint density at radius 3 is 2.29 bits per heavy atom. The SMILES string of the molecule is NC(=O)[C@H](Cc1ccccc1)NC(=O)[C@]1(C(N)=O)CCCN1c1ccccc1C(=O)O. The van der Waals surface area contributed by atoms with Gasteiger partial charge in [0, 0.05) is 13.0 Å². The number of primary amides is 2. The minimum atomic E-state index is -1.84. The molecule has 0 radical (unpaired) electrons. The Morgan fingerprint density at radius 2 is 1.68 bits per heavy atom. The highest BCUT2D eigenvalue weighted by Crippen LogP contribution is 2.36. The molecule has 3 amide bonds. The maximum absolute atomic E-state index is 13.4. The molecule has 0 spiro atoms. The second-order valence-electron chi connectivity index (χ2n) is 7.42. The molecule has 1 saturated heterocycles. The van der Waals surface area contributed by atoms with E-state index in [2.05, 4.69) is 5.32 Å². The number of para-hydroxylation sites is 1. The molecule has 9 nitrogen and oxygen atoms in total. The number of amides is 3. The number of nitrogens with one attached hydrogen (secondary N) is 1. The zero-order chi connectivity index (χ0) is 22.6. The quantitative estimate of drug-likeness (QED) is 0.450. The molecule has 31 heavy (non-hydrogen) atoms. The molecule has 1 heterocycles. The summed E-state index contributed by atoms with van der Waals surface area (Å²) in [6.45, 7) is 0.251. The van der Waals surface area contributed by atoms with Crippen LogP contribution in [0.4, 0.5) is 5.69 Å². The molecule has 2 aromatic rings. The van der Waals surface area contributed by atoms with Gasteiger partial charge in [0.1, 0.15) is 6.04 Å². The number of benzene rings is 2. The molecule has 0 bridgehead atoms. The summed E-state index contributed by atoms with van der Waals surface area (Å²) < 4.78 is 0. The Bertz CT molecular complexity index is 1010. The minimum absolute atomic E-state index is 0.0569. The summed E-state index contributed by atoms with van der Waals surface area (Å²) in [7, 11) is 0. The average Bonchev–Trinajstić information content (AvgIpc) is 3.20. The fourth-order valence-corrected chi connectivity index (χ4v) is 3.99. The van der Waals surface area contributed by atoms with E-state index in [1.54, 1.807) is 36.4 Å². The number of aromatic carboxylic acids is 1. The van der Waals surface area contributed by atoms with Crippen LogP contribution in [0.15, 0.2) is 54.6 Å². The van der Waals surface area contributed by atoms with Crippen molar-refractivity contribution in [3.63, 3.8) is 0 Å². The number of hydrogen-bond donors (Lipinski definition) is 4. The minimum Gasteiger partial charge on any atom is -0.478 e. The summed E-state index contributed by atoms with van der Waals surface area (Å²) in [5.41, 5.74) is 10.3. The second-order valence-corrected chi connectivity index (χ2v) is 7.42. The standard InChI is InChI=1S/C22H24N4O5/c23-18(27)16(13-14-7-2-1-3-8-14)25-21(31)22(20(24)30)11-6-12-26(22)17-10-5-4-9-15(17)19(28)29/h1-5,7-10,16H,6,11-13H2,(H2,23,27)(H2,24,30)(H,25,31)(H,28,29)/t16-,22+/m0/s1. The van der Waals surface area contributed by atoms with Crippen LogP contribution in [0.3, 0.4) is 0 Å². The number of carbonyl (C=O) groups is 4. The average molecular weight is 424 g/mol. The van der Waals surface area contributed by atoms with Gasteiger partial charge in [-0.3, -0.25) is 14.4 Å². The van der Waals surface area contributed by atoms with Crippen molar-refractivity contribution in [1.82, 2.24) is 5.32 Å². The molecule has 0 unspecified atom stereocenters. The van der Waals surface area contributed by atoms with Crippen molar-refractivity contribution in [3.05, 3.63) is 65.7 Å². The van der Waals surface area contributed by atoms with E-state index in [1.165, 1.54) is 17.0 Å².